The summed E-state index contributed by atoms with van der Waals surface area (Å²) in [6.45, 7) is 5.11. The van der Waals surface area contributed by atoms with Gasteiger partial charge in [0, 0.05) is 43.1 Å². The molecule has 3 amide bonds. The summed E-state index contributed by atoms with van der Waals surface area (Å²) < 4.78 is 5.45. The van der Waals surface area contributed by atoms with Crippen molar-refractivity contribution >= 4 is 57.5 Å². The van der Waals surface area contributed by atoms with Gasteiger partial charge in [-0.05, 0) is 55.5 Å². The summed E-state index contributed by atoms with van der Waals surface area (Å²) in [5, 5.41) is 3.24. The summed E-state index contributed by atoms with van der Waals surface area (Å²) >= 11 is 1.16. The van der Waals surface area contributed by atoms with E-state index < -0.39 is 6.04 Å². The maximum absolute atomic E-state index is 13.7. The fourth-order valence-electron chi connectivity index (χ4n) is 5.31. The summed E-state index contributed by atoms with van der Waals surface area (Å²) in [4.78, 5) is 54.7. The van der Waals surface area contributed by atoms with Crippen LogP contribution in [0.1, 0.15) is 18.9 Å². The van der Waals surface area contributed by atoms with E-state index in [-0.39, 0.29) is 29.9 Å². The Morgan fingerprint density at radius 3 is 2.42 bits per heavy atom. The van der Waals surface area contributed by atoms with Crippen LogP contribution in [0.15, 0.2) is 88.8 Å². The fourth-order valence-corrected chi connectivity index (χ4v) is 6.11. The Morgan fingerprint density at radius 2 is 1.67 bits per heavy atom. The van der Waals surface area contributed by atoms with Gasteiger partial charge in [-0.3, -0.25) is 19.4 Å². The van der Waals surface area contributed by atoms with Crippen molar-refractivity contribution in [3.05, 3.63) is 84.4 Å². The molecule has 0 unspecified atom stereocenters. The molecular weight excluding hydrogens is 564 g/mol. The molecule has 6 rings (SSSR count). The fraction of sp³-hybridized carbons (Fsp3) is 0.281. The first-order valence-electron chi connectivity index (χ1n) is 14.3. The topological polar surface area (TPSA) is 107 Å². The molecule has 3 aliphatic rings. The third-order valence-corrected chi connectivity index (χ3v) is 8.39. The lowest BCUT2D eigenvalue weighted by molar-refractivity contribution is -0.135. The molecule has 220 valence electrons. The van der Waals surface area contributed by atoms with Gasteiger partial charge in [-0.1, -0.05) is 42.1 Å². The second-order valence-corrected chi connectivity index (χ2v) is 11.2. The highest BCUT2D eigenvalue weighted by Crippen LogP contribution is 2.34. The Kier molecular flexibility index (Phi) is 8.41. The van der Waals surface area contributed by atoms with Gasteiger partial charge in [0.25, 0.3) is 5.91 Å². The van der Waals surface area contributed by atoms with E-state index in [1.54, 1.807) is 24.3 Å². The monoisotopic (exact) mass is 596 g/mol. The standard InChI is InChI=1S/C32H32N6O4S/c1-2-42-24-14-12-22(13-15-24)33-28(39)21-43-32-35-26-11-7-6-10-25(26)30-34-27(31(41)38(30)32)20-29(40)37-18-16-36(17-19-37)23-8-4-3-5-9-23/h3-15,27H,2,16-21H2,1H3,(H,33,39)/t27-/m0/s1. The van der Waals surface area contributed by atoms with E-state index in [2.05, 4.69) is 22.3 Å². The molecular formula is C32H32N6O4S. The molecule has 3 aromatic rings. The molecule has 1 atom stereocenters. The summed E-state index contributed by atoms with van der Waals surface area (Å²) in [5.41, 5.74) is 3.18. The zero-order valence-electron chi connectivity index (χ0n) is 23.8. The number of thioether (sulfide) groups is 1. The van der Waals surface area contributed by atoms with Crippen LogP contribution >= 0.6 is 11.8 Å². The number of carbonyl (C=O) groups excluding carboxylic acids is 3. The molecule has 0 radical (unpaired) electrons. The molecule has 3 heterocycles. The van der Waals surface area contributed by atoms with Crippen molar-refractivity contribution in [3.8, 4) is 5.75 Å². The molecule has 10 nitrogen and oxygen atoms in total. The van der Waals surface area contributed by atoms with Crippen molar-refractivity contribution in [1.82, 2.24) is 9.80 Å². The predicted molar refractivity (Wildman–Crippen MR) is 169 cm³/mol. The van der Waals surface area contributed by atoms with E-state index in [1.165, 1.54) is 4.90 Å². The highest BCUT2D eigenvalue weighted by molar-refractivity contribution is 8.14. The van der Waals surface area contributed by atoms with Crippen LogP contribution in [0.25, 0.3) is 0 Å². The first-order chi connectivity index (χ1) is 21.0. The van der Waals surface area contributed by atoms with Gasteiger partial charge >= 0.3 is 0 Å². The zero-order chi connectivity index (χ0) is 29.8. The van der Waals surface area contributed by atoms with Gasteiger partial charge in [0.15, 0.2) is 5.17 Å². The number of anilines is 2. The number of nitrogens with zero attached hydrogens (tertiary/aromatic N) is 5. The number of fused-ring (bicyclic) bond motifs is 3. The molecule has 3 aromatic carbocycles. The zero-order valence-corrected chi connectivity index (χ0v) is 24.6. The maximum Gasteiger partial charge on any atom is 0.259 e. The number of aliphatic imine (C=N–C) groups is 2. The number of ether oxygens (including phenoxy) is 1. The molecule has 0 bridgehead atoms. The predicted octanol–water partition coefficient (Wildman–Crippen LogP) is 4.15. The van der Waals surface area contributed by atoms with E-state index in [0.29, 0.717) is 42.1 Å². The number of hydrogen-bond donors (Lipinski definition) is 1. The number of hydrogen-bond acceptors (Lipinski definition) is 8. The van der Waals surface area contributed by atoms with Crippen molar-refractivity contribution in [3.63, 3.8) is 0 Å². The van der Waals surface area contributed by atoms with Gasteiger partial charge in [-0.2, -0.15) is 0 Å². The van der Waals surface area contributed by atoms with Gasteiger partial charge in [0.05, 0.1) is 24.5 Å². The van der Waals surface area contributed by atoms with E-state index >= 15 is 0 Å². The van der Waals surface area contributed by atoms with Gasteiger partial charge in [0.1, 0.15) is 17.6 Å². The van der Waals surface area contributed by atoms with E-state index in [1.807, 2.05) is 54.3 Å². The van der Waals surface area contributed by atoms with Crippen molar-refractivity contribution < 1.29 is 19.1 Å². The number of amidine groups is 2. The SMILES string of the molecule is CCOc1ccc(NC(=O)CSC2=Nc3ccccc3C3=N[C@@H](CC(=O)N4CCN(c5ccccc5)CC4)C(=O)N23)cc1. The number of benzene rings is 3. The van der Waals surface area contributed by atoms with Gasteiger partial charge in [-0.15, -0.1) is 0 Å². The average molecular weight is 597 g/mol. The Labute approximate surface area is 254 Å². The lowest BCUT2D eigenvalue weighted by Gasteiger charge is -2.36. The smallest absolute Gasteiger partial charge is 0.259 e. The largest absolute Gasteiger partial charge is 0.494 e. The third kappa shape index (κ3) is 6.26. The minimum Gasteiger partial charge on any atom is -0.494 e. The Bertz CT molecular complexity index is 1570. The van der Waals surface area contributed by atoms with Crippen LogP contribution in [0.2, 0.25) is 0 Å². The Balaban J connectivity index is 1.10. The summed E-state index contributed by atoms with van der Waals surface area (Å²) in [6.07, 6.45) is -0.0114. The second kappa shape index (κ2) is 12.7. The van der Waals surface area contributed by atoms with Crippen molar-refractivity contribution in [1.29, 1.82) is 0 Å². The third-order valence-electron chi connectivity index (χ3n) is 7.45. The van der Waals surface area contributed by atoms with Crippen LogP contribution in [0, 0.1) is 0 Å². The number of amides is 3. The number of nitrogens with one attached hydrogen (secondary N) is 1. The quantitative estimate of drug-likeness (QED) is 0.419. The summed E-state index contributed by atoms with van der Waals surface area (Å²) in [7, 11) is 0. The lowest BCUT2D eigenvalue weighted by atomic mass is 10.1. The molecule has 43 heavy (non-hydrogen) atoms. The summed E-state index contributed by atoms with van der Waals surface area (Å²) in [6, 6.07) is 23.9. The van der Waals surface area contributed by atoms with Crippen LogP contribution in [0.4, 0.5) is 17.1 Å². The minimum atomic E-state index is -0.843. The van der Waals surface area contributed by atoms with Crippen LogP contribution in [0.5, 0.6) is 5.75 Å². The molecule has 1 saturated heterocycles. The van der Waals surface area contributed by atoms with Crippen molar-refractivity contribution in [2.75, 3.05) is 48.8 Å². The van der Waals surface area contributed by atoms with Crippen molar-refractivity contribution in [2.24, 2.45) is 9.98 Å². The maximum atomic E-state index is 13.7. The van der Waals surface area contributed by atoms with E-state index in [9.17, 15) is 14.4 Å². The van der Waals surface area contributed by atoms with Crippen LogP contribution in [0.3, 0.4) is 0 Å². The summed E-state index contributed by atoms with van der Waals surface area (Å²) in [5.74, 6) is 0.606. The van der Waals surface area contributed by atoms with Gasteiger partial charge in [0.2, 0.25) is 11.8 Å². The number of para-hydroxylation sites is 2. The van der Waals surface area contributed by atoms with E-state index in [4.69, 9.17) is 14.7 Å². The molecule has 1 N–H and O–H groups in total. The number of carbonyl (C=O) groups is 3. The average Bonchev–Trinajstić information content (AvgIpc) is 3.37. The molecule has 0 aliphatic carbocycles. The molecule has 1 fully saturated rings. The first kappa shape index (κ1) is 28.5. The van der Waals surface area contributed by atoms with Gasteiger partial charge in [-0.25, -0.2) is 9.89 Å². The molecule has 0 spiro atoms. The lowest BCUT2D eigenvalue weighted by Crippen LogP contribution is -2.49. The highest BCUT2D eigenvalue weighted by atomic mass is 32.2. The minimum absolute atomic E-state index is 0.0114. The number of rotatable bonds is 8. The normalized spacial score (nSPS) is 17.6. The Hall–Kier alpha value is -4.64. The van der Waals surface area contributed by atoms with Crippen LogP contribution in [-0.4, -0.2) is 83.1 Å². The molecule has 0 saturated carbocycles. The van der Waals surface area contributed by atoms with Crippen molar-refractivity contribution in [2.45, 2.75) is 19.4 Å². The molecule has 3 aliphatic heterocycles. The molecule has 0 aromatic heterocycles. The Morgan fingerprint density at radius 1 is 0.953 bits per heavy atom. The highest BCUT2D eigenvalue weighted by Gasteiger charge is 2.42. The molecule has 11 heteroatoms. The van der Waals surface area contributed by atoms with Crippen LogP contribution in [-0.2, 0) is 14.4 Å². The van der Waals surface area contributed by atoms with Crippen LogP contribution < -0.4 is 15.0 Å². The van der Waals surface area contributed by atoms with E-state index in [0.717, 1.165) is 41.9 Å². The first-order valence-corrected chi connectivity index (χ1v) is 15.3. The second-order valence-electron chi connectivity index (χ2n) is 10.3. The van der Waals surface area contributed by atoms with Gasteiger partial charge < -0.3 is 19.9 Å². The number of piperazine rings is 1.